The molecule has 1 fully saturated rings. The number of thioether (sulfide) groups is 1. The second-order valence-electron chi connectivity index (χ2n) is 6.84. The molecule has 1 saturated heterocycles. The van der Waals surface area contributed by atoms with Gasteiger partial charge in [0.2, 0.25) is 0 Å². The molecule has 4 nitrogen and oxygen atoms in total. The number of hydrogen-bond donors (Lipinski definition) is 0. The summed E-state index contributed by atoms with van der Waals surface area (Å²) >= 11 is 7.69. The second kappa shape index (κ2) is 7.11. The Kier molecular flexibility index (Phi) is 4.94. The van der Waals surface area contributed by atoms with Crippen LogP contribution in [0.25, 0.3) is 0 Å². The Hall–Kier alpha value is -1.57. The zero-order valence-corrected chi connectivity index (χ0v) is 17.0. The van der Waals surface area contributed by atoms with E-state index in [9.17, 15) is 12.8 Å². The first-order chi connectivity index (χ1) is 12.8. The lowest BCUT2D eigenvalue weighted by atomic mass is 10.1. The topological polar surface area (TPSA) is 49.7 Å². The normalized spacial score (nSPS) is 23.1. The fourth-order valence-corrected chi connectivity index (χ4v) is 7.38. The Morgan fingerprint density at radius 2 is 2.04 bits per heavy atom. The maximum absolute atomic E-state index is 14.4. The van der Waals surface area contributed by atoms with Gasteiger partial charge in [-0.05, 0) is 36.8 Å². The lowest BCUT2D eigenvalue weighted by Crippen LogP contribution is -2.28. The smallest absolute Gasteiger partial charge is 0.164 e. The maximum Gasteiger partial charge on any atom is 0.164 e. The van der Waals surface area contributed by atoms with Gasteiger partial charge < -0.3 is 4.90 Å². The van der Waals surface area contributed by atoms with E-state index in [4.69, 9.17) is 11.6 Å². The molecule has 2 heterocycles. The molecule has 0 aliphatic carbocycles. The number of anilines is 1. The summed E-state index contributed by atoms with van der Waals surface area (Å²) < 4.78 is 38.1. The number of amidine groups is 1. The summed E-state index contributed by atoms with van der Waals surface area (Å²) in [4.78, 5) is 6.59. The van der Waals surface area contributed by atoms with Gasteiger partial charge in [0.1, 0.15) is 5.82 Å². The van der Waals surface area contributed by atoms with Crippen LogP contribution >= 0.6 is 23.4 Å². The van der Waals surface area contributed by atoms with Crippen LogP contribution in [0.15, 0.2) is 47.5 Å². The minimum atomic E-state index is -3.03. The van der Waals surface area contributed by atoms with Gasteiger partial charge in [-0.15, -0.1) is 0 Å². The van der Waals surface area contributed by atoms with Crippen molar-refractivity contribution in [2.75, 3.05) is 16.4 Å². The molecule has 2 aliphatic heterocycles. The highest BCUT2D eigenvalue weighted by Gasteiger charge is 2.44. The number of rotatable bonds is 3. The van der Waals surface area contributed by atoms with E-state index in [-0.39, 0.29) is 35.2 Å². The summed E-state index contributed by atoms with van der Waals surface area (Å²) in [6.07, 6.45) is 0. The van der Waals surface area contributed by atoms with Gasteiger partial charge in [-0.2, -0.15) is 0 Å². The zero-order valence-electron chi connectivity index (χ0n) is 14.6. The van der Waals surface area contributed by atoms with Crippen molar-refractivity contribution < 1.29 is 12.8 Å². The Morgan fingerprint density at radius 1 is 1.26 bits per heavy atom. The van der Waals surface area contributed by atoms with Crippen LogP contribution in [0, 0.1) is 12.7 Å². The summed E-state index contributed by atoms with van der Waals surface area (Å²) in [6.45, 7) is 2.22. The number of aryl methyl sites for hydroxylation is 1. The number of hydrogen-bond acceptors (Lipinski definition) is 5. The Morgan fingerprint density at radius 3 is 2.74 bits per heavy atom. The summed E-state index contributed by atoms with van der Waals surface area (Å²) in [5.41, 5.74) is 2.35. The third-order valence-corrected chi connectivity index (χ3v) is 8.33. The molecule has 0 radical (unpaired) electrons. The molecule has 0 N–H and O–H groups in total. The van der Waals surface area contributed by atoms with Gasteiger partial charge in [-0.25, -0.2) is 12.8 Å². The van der Waals surface area contributed by atoms with Crippen LogP contribution in [-0.2, 0) is 16.4 Å². The highest BCUT2D eigenvalue weighted by Crippen LogP contribution is 2.38. The number of fused-ring (bicyclic) bond motifs is 1. The van der Waals surface area contributed by atoms with Gasteiger partial charge >= 0.3 is 0 Å². The predicted molar refractivity (Wildman–Crippen MR) is 110 cm³/mol. The predicted octanol–water partition coefficient (Wildman–Crippen LogP) is 4.06. The van der Waals surface area contributed by atoms with Crippen molar-refractivity contribution in [2.45, 2.75) is 24.8 Å². The first-order valence-electron chi connectivity index (χ1n) is 8.54. The third kappa shape index (κ3) is 3.86. The molecule has 0 spiro atoms. The molecular weight excluding hydrogens is 407 g/mol. The van der Waals surface area contributed by atoms with Crippen LogP contribution in [0.2, 0.25) is 5.02 Å². The van der Waals surface area contributed by atoms with Crippen LogP contribution in [0.4, 0.5) is 10.1 Å². The molecule has 0 amide bonds. The SMILES string of the molecule is Cc1cccc(N(Cc2c(F)cccc2Cl)C2=N[C@@H]3CS(=O)(=O)C[C@H]3S2)c1. The lowest BCUT2D eigenvalue weighted by Gasteiger charge is -2.25. The van der Waals surface area contributed by atoms with E-state index in [0.717, 1.165) is 11.3 Å². The molecule has 27 heavy (non-hydrogen) atoms. The van der Waals surface area contributed by atoms with Gasteiger partial charge in [0.05, 0.1) is 24.1 Å². The van der Waals surface area contributed by atoms with Gasteiger partial charge in [0, 0.05) is 21.5 Å². The maximum atomic E-state index is 14.4. The largest absolute Gasteiger partial charge is 0.317 e. The van der Waals surface area contributed by atoms with Crippen molar-refractivity contribution in [1.82, 2.24) is 0 Å². The first kappa shape index (κ1) is 18.8. The van der Waals surface area contributed by atoms with Crippen molar-refractivity contribution in [2.24, 2.45) is 4.99 Å². The third-order valence-electron chi connectivity index (χ3n) is 4.73. The molecule has 2 aromatic rings. The van der Waals surface area contributed by atoms with Gasteiger partial charge in [-0.3, -0.25) is 4.99 Å². The van der Waals surface area contributed by atoms with E-state index in [0.29, 0.717) is 15.8 Å². The van der Waals surface area contributed by atoms with E-state index < -0.39 is 9.84 Å². The van der Waals surface area contributed by atoms with E-state index in [1.807, 2.05) is 36.1 Å². The highest BCUT2D eigenvalue weighted by molar-refractivity contribution is 8.15. The number of benzene rings is 2. The second-order valence-corrected chi connectivity index (χ2v) is 10.6. The van der Waals surface area contributed by atoms with Crippen LogP contribution in [0.3, 0.4) is 0 Å². The van der Waals surface area contributed by atoms with Crippen LogP contribution in [0.5, 0.6) is 0 Å². The summed E-state index contributed by atoms with van der Waals surface area (Å²) in [5.74, 6) is -0.153. The molecule has 142 valence electrons. The standard InChI is InChI=1S/C19H18ClFN2O2S2/c1-12-4-2-5-13(8-12)23(9-14-15(20)6-3-7-16(14)21)19-22-17-10-27(24,25)11-18(17)26-19/h2-8,17-18H,9-11H2,1H3/t17-,18-/m1/s1. The molecule has 8 heteroatoms. The van der Waals surface area contributed by atoms with Crippen molar-refractivity contribution in [1.29, 1.82) is 0 Å². The molecule has 2 aliphatic rings. The molecule has 4 rings (SSSR count). The van der Waals surface area contributed by atoms with Crippen molar-refractivity contribution in [3.8, 4) is 0 Å². The minimum absolute atomic E-state index is 0.0756. The quantitative estimate of drug-likeness (QED) is 0.745. The number of nitrogens with zero attached hydrogens (tertiary/aromatic N) is 2. The van der Waals surface area contributed by atoms with Gasteiger partial charge in [0.15, 0.2) is 15.0 Å². The van der Waals surface area contributed by atoms with E-state index in [2.05, 4.69) is 4.99 Å². The van der Waals surface area contributed by atoms with Crippen molar-refractivity contribution >= 4 is 44.1 Å². The number of halogens is 2. The van der Waals surface area contributed by atoms with Crippen molar-refractivity contribution in [3.05, 3.63) is 64.4 Å². The number of sulfone groups is 1. The number of aliphatic imine (C=N–C) groups is 1. The van der Waals surface area contributed by atoms with Gasteiger partial charge in [0.25, 0.3) is 0 Å². The molecule has 2 aromatic carbocycles. The highest BCUT2D eigenvalue weighted by atomic mass is 35.5. The molecule has 2 atom stereocenters. The zero-order chi connectivity index (χ0) is 19.2. The van der Waals surface area contributed by atoms with Crippen LogP contribution < -0.4 is 4.90 Å². The molecule has 0 bridgehead atoms. The van der Waals surface area contributed by atoms with E-state index in [1.54, 1.807) is 12.1 Å². The van der Waals surface area contributed by atoms with E-state index in [1.165, 1.54) is 17.8 Å². The fourth-order valence-electron chi connectivity index (χ4n) is 3.38. The average molecular weight is 425 g/mol. The van der Waals surface area contributed by atoms with E-state index >= 15 is 0 Å². The molecule has 0 aromatic heterocycles. The fraction of sp³-hybridized carbons (Fsp3) is 0.316. The minimum Gasteiger partial charge on any atom is -0.317 e. The van der Waals surface area contributed by atoms with Crippen LogP contribution in [-0.4, -0.2) is 36.4 Å². The summed E-state index contributed by atoms with van der Waals surface area (Å²) in [7, 11) is -3.03. The first-order valence-corrected chi connectivity index (χ1v) is 11.6. The average Bonchev–Trinajstić information content (AvgIpc) is 3.08. The molecular formula is C19H18ClFN2O2S2. The molecule has 0 unspecified atom stereocenters. The van der Waals surface area contributed by atoms with Crippen molar-refractivity contribution in [3.63, 3.8) is 0 Å². The Bertz CT molecular complexity index is 1010. The summed E-state index contributed by atoms with van der Waals surface area (Å²) in [5, 5.41) is 0.997. The van der Waals surface area contributed by atoms with Gasteiger partial charge in [-0.1, -0.05) is 41.6 Å². The monoisotopic (exact) mass is 424 g/mol. The Labute approximate surface area is 167 Å². The van der Waals surface area contributed by atoms with Crippen LogP contribution in [0.1, 0.15) is 11.1 Å². The Balaban J connectivity index is 1.72. The lowest BCUT2D eigenvalue weighted by molar-refractivity contribution is 0.601. The summed E-state index contributed by atoms with van der Waals surface area (Å²) in [6, 6.07) is 12.3. The molecule has 0 saturated carbocycles.